The SMILES string of the molecule is O=C(c1cc(C2CC2)on1)N1Cc2cccn2CC(OCC2CC2)C1. The highest BCUT2D eigenvalue weighted by Gasteiger charge is 2.32. The first kappa shape index (κ1) is 15.2. The van der Waals surface area contributed by atoms with Crippen LogP contribution in [0.15, 0.2) is 28.9 Å². The number of hydrogen-bond donors (Lipinski definition) is 0. The minimum Gasteiger partial charge on any atom is -0.374 e. The van der Waals surface area contributed by atoms with Gasteiger partial charge in [-0.2, -0.15) is 0 Å². The van der Waals surface area contributed by atoms with Crippen LogP contribution in [0, 0.1) is 5.92 Å². The Morgan fingerprint density at radius 3 is 2.96 bits per heavy atom. The van der Waals surface area contributed by atoms with Crippen LogP contribution in [0.4, 0.5) is 0 Å². The molecule has 1 unspecified atom stereocenters. The molecule has 1 atom stereocenters. The molecule has 0 aromatic carbocycles. The number of fused-ring (bicyclic) bond motifs is 1. The summed E-state index contributed by atoms with van der Waals surface area (Å²) < 4.78 is 13.7. The summed E-state index contributed by atoms with van der Waals surface area (Å²) in [5.74, 6) is 1.96. The van der Waals surface area contributed by atoms with Crippen LogP contribution >= 0.6 is 0 Å². The molecule has 2 aromatic rings. The van der Waals surface area contributed by atoms with Gasteiger partial charge in [0.25, 0.3) is 5.91 Å². The summed E-state index contributed by atoms with van der Waals surface area (Å²) in [6, 6.07) is 5.93. The number of carbonyl (C=O) groups excluding carboxylic acids is 1. The van der Waals surface area contributed by atoms with Gasteiger partial charge < -0.3 is 18.7 Å². The molecule has 25 heavy (non-hydrogen) atoms. The van der Waals surface area contributed by atoms with Gasteiger partial charge in [-0.3, -0.25) is 4.79 Å². The van der Waals surface area contributed by atoms with Gasteiger partial charge in [0.2, 0.25) is 0 Å². The fraction of sp³-hybridized carbons (Fsp3) is 0.579. The van der Waals surface area contributed by atoms with Gasteiger partial charge in [-0.15, -0.1) is 0 Å². The maximum absolute atomic E-state index is 13.0. The normalized spacial score (nSPS) is 23.4. The molecular weight excluding hydrogens is 318 g/mol. The Bertz CT molecular complexity index is 772. The number of carbonyl (C=O) groups is 1. The van der Waals surface area contributed by atoms with E-state index in [1.54, 1.807) is 0 Å². The zero-order valence-electron chi connectivity index (χ0n) is 14.3. The molecule has 5 rings (SSSR count). The van der Waals surface area contributed by atoms with E-state index in [1.165, 1.54) is 12.8 Å². The topological polar surface area (TPSA) is 60.5 Å². The molecule has 0 saturated heterocycles. The molecule has 3 heterocycles. The van der Waals surface area contributed by atoms with Crippen LogP contribution in [0.2, 0.25) is 0 Å². The largest absolute Gasteiger partial charge is 0.374 e. The van der Waals surface area contributed by atoms with Crippen molar-refractivity contribution in [2.45, 2.75) is 50.8 Å². The molecule has 132 valence electrons. The van der Waals surface area contributed by atoms with Crippen LogP contribution in [-0.2, 0) is 17.8 Å². The lowest BCUT2D eigenvalue weighted by Gasteiger charge is -2.23. The van der Waals surface area contributed by atoms with Crippen LogP contribution in [0.3, 0.4) is 0 Å². The fourth-order valence-electron chi connectivity index (χ4n) is 3.48. The van der Waals surface area contributed by atoms with Gasteiger partial charge in [0.05, 0.1) is 19.2 Å². The summed E-state index contributed by atoms with van der Waals surface area (Å²) in [6.45, 7) is 2.78. The number of aromatic nitrogens is 2. The van der Waals surface area contributed by atoms with Crippen molar-refractivity contribution >= 4 is 5.91 Å². The molecule has 3 aliphatic rings. The van der Waals surface area contributed by atoms with Crippen molar-refractivity contribution in [2.75, 3.05) is 13.2 Å². The highest BCUT2D eigenvalue weighted by atomic mass is 16.5. The Hall–Kier alpha value is -2.08. The fourth-order valence-corrected chi connectivity index (χ4v) is 3.48. The third kappa shape index (κ3) is 3.23. The van der Waals surface area contributed by atoms with Crippen LogP contribution in [0.1, 0.15) is 53.5 Å². The van der Waals surface area contributed by atoms with Crippen LogP contribution in [0.25, 0.3) is 0 Å². The number of amides is 1. The first-order chi connectivity index (χ1) is 12.3. The zero-order chi connectivity index (χ0) is 16.8. The minimum absolute atomic E-state index is 0.0213. The third-order valence-corrected chi connectivity index (χ3v) is 5.38. The van der Waals surface area contributed by atoms with Gasteiger partial charge in [0, 0.05) is 37.0 Å². The van der Waals surface area contributed by atoms with Gasteiger partial charge >= 0.3 is 0 Å². The minimum atomic E-state index is -0.0645. The second kappa shape index (κ2) is 6.02. The summed E-state index contributed by atoms with van der Waals surface area (Å²) in [5, 5.41) is 4.02. The Morgan fingerprint density at radius 1 is 1.28 bits per heavy atom. The summed E-state index contributed by atoms with van der Waals surface area (Å²) in [6.07, 6.45) is 6.90. The van der Waals surface area contributed by atoms with Gasteiger partial charge in [-0.05, 0) is 43.7 Å². The first-order valence-corrected chi connectivity index (χ1v) is 9.28. The molecule has 1 aliphatic heterocycles. The third-order valence-electron chi connectivity index (χ3n) is 5.38. The van der Waals surface area contributed by atoms with Crippen LogP contribution < -0.4 is 0 Å². The van der Waals surface area contributed by atoms with E-state index in [0.717, 1.165) is 37.4 Å². The van der Waals surface area contributed by atoms with Gasteiger partial charge in [-0.1, -0.05) is 5.16 Å². The van der Waals surface area contributed by atoms with E-state index >= 15 is 0 Å². The quantitative estimate of drug-likeness (QED) is 0.839. The molecule has 2 aromatic heterocycles. The standard InChI is InChI=1S/C19H23N3O3/c23-19(17-8-18(25-20-17)14-5-6-14)22-9-15-2-1-7-21(15)10-16(11-22)24-12-13-3-4-13/h1-2,7-8,13-14,16H,3-6,9-12H2. The summed E-state index contributed by atoms with van der Waals surface area (Å²) in [7, 11) is 0. The maximum Gasteiger partial charge on any atom is 0.276 e. The van der Waals surface area contributed by atoms with Gasteiger partial charge in [0.15, 0.2) is 5.69 Å². The lowest BCUT2D eigenvalue weighted by atomic mass is 10.2. The molecule has 1 amide bonds. The number of ether oxygens (including phenoxy) is 1. The lowest BCUT2D eigenvalue weighted by Crippen LogP contribution is -2.37. The van der Waals surface area contributed by atoms with Crippen molar-refractivity contribution < 1.29 is 14.1 Å². The molecule has 2 aliphatic carbocycles. The maximum atomic E-state index is 13.0. The monoisotopic (exact) mass is 341 g/mol. The summed E-state index contributed by atoms with van der Waals surface area (Å²) >= 11 is 0. The van der Waals surface area contributed by atoms with E-state index in [0.29, 0.717) is 30.6 Å². The van der Waals surface area contributed by atoms with E-state index in [-0.39, 0.29) is 12.0 Å². The summed E-state index contributed by atoms with van der Waals surface area (Å²) in [4.78, 5) is 14.8. The zero-order valence-corrected chi connectivity index (χ0v) is 14.3. The van der Waals surface area contributed by atoms with Crippen LogP contribution in [-0.4, -0.2) is 39.8 Å². The average molecular weight is 341 g/mol. The van der Waals surface area contributed by atoms with E-state index < -0.39 is 0 Å². The average Bonchev–Trinajstić information content (AvgIpc) is 3.55. The molecule has 0 spiro atoms. The molecule has 6 nitrogen and oxygen atoms in total. The number of hydrogen-bond acceptors (Lipinski definition) is 4. The second-order valence-corrected chi connectivity index (χ2v) is 7.63. The number of rotatable bonds is 5. The van der Waals surface area contributed by atoms with Gasteiger partial charge in [0.1, 0.15) is 5.76 Å². The van der Waals surface area contributed by atoms with Crippen molar-refractivity contribution in [2.24, 2.45) is 5.92 Å². The Kier molecular flexibility index (Phi) is 3.66. The Morgan fingerprint density at radius 2 is 2.16 bits per heavy atom. The van der Waals surface area contributed by atoms with E-state index in [9.17, 15) is 4.79 Å². The smallest absolute Gasteiger partial charge is 0.276 e. The van der Waals surface area contributed by atoms with Crippen molar-refractivity contribution in [1.29, 1.82) is 0 Å². The first-order valence-electron chi connectivity index (χ1n) is 9.28. The molecule has 0 bridgehead atoms. The molecular formula is C19H23N3O3. The van der Waals surface area contributed by atoms with Crippen molar-refractivity contribution in [1.82, 2.24) is 14.6 Å². The highest BCUT2D eigenvalue weighted by molar-refractivity contribution is 5.92. The predicted molar refractivity (Wildman–Crippen MR) is 90.1 cm³/mol. The van der Waals surface area contributed by atoms with E-state index in [1.807, 2.05) is 17.0 Å². The van der Waals surface area contributed by atoms with Crippen molar-refractivity contribution in [3.8, 4) is 0 Å². The second-order valence-electron chi connectivity index (χ2n) is 7.63. The molecule has 2 saturated carbocycles. The van der Waals surface area contributed by atoms with Crippen molar-refractivity contribution in [3.63, 3.8) is 0 Å². The molecule has 0 N–H and O–H groups in total. The lowest BCUT2D eigenvalue weighted by molar-refractivity contribution is 0.0147. The highest BCUT2D eigenvalue weighted by Crippen LogP contribution is 2.40. The molecule has 6 heteroatoms. The van der Waals surface area contributed by atoms with E-state index in [4.69, 9.17) is 9.26 Å². The molecule has 2 fully saturated rings. The Labute approximate surface area is 146 Å². The van der Waals surface area contributed by atoms with Gasteiger partial charge in [-0.25, -0.2) is 0 Å². The predicted octanol–water partition coefficient (Wildman–Crippen LogP) is 2.80. The van der Waals surface area contributed by atoms with E-state index in [2.05, 4.69) is 22.0 Å². The summed E-state index contributed by atoms with van der Waals surface area (Å²) in [5.41, 5.74) is 1.56. The van der Waals surface area contributed by atoms with Crippen LogP contribution in [0.5, 0.6) is 0 Å². The van der Waals surface area contributed by atoms with Crippen molar-refractivity contribution in [3.05, 3.63) is 41.5 Å². The molecule has 0 radical (unpaired) electrons. The Balaban J connectivity index is 1.35. The number of nitrogens with zero attached hydrogens (tertiary/aromatic N) is 3.